The Bertz CT molecular complexity index is 835. The molecule has 0 saturated carbocycles. The number of nitrogens with zero attached hydrogens (tertiary/aromatic N) is 3. The van der Waals surface area contributed by atoms with Gasteiger partial charge in [0, 0.05) is 38.2 Å². The highest BCUT2D eigenvalue weighted by Gasteiger charge is 2.29. The summed E-state index contributed by atoms with van der Waals surface area (Å²) in [7, 11) is 0. The number of carbonyl (C=O) groups is 1. The summed E-state index contributed by atoms with van der Waals surface area (Å²) >= 11 is 0. The van der Waals surface area contributed by atoms with Gasteiger partial charge >= 0.3 is 0 Å². The minimum absolute atomic E-state index is 0.336. The molecule has 2 aliphatic heterocycles. The predicted molar refractivity (Wildman–Crippen MR) is 104 cm³/mol. The average Bonchev–Trinajstić information content (AvgIpc) is 3.32. The standard InChI is InChI=1S/C22H28N4O/c27-22(12-17-6-3-5-16-4-1-2-7-20(16)17)25-10-8-19(9-11-25)26-21-15-23-13-18(21)14-24-26/h1-2,4,7,14,17,19,23H,3,5-6,8-13,15H2. The molecular weight excluding hydrogens is 336 g/mol. The molecule has 3 aliphatic rings. The molecule has 1 amide bonds. The van der Waals surface area contributed by atoms with E-state index in [1.165, 1.54) is 28.8 Å². The number of aromatic nitrogens is 2. The number of fused-ring (bicyclic) bond motifs is 2. The van der Waals surface area contributed by atoms with Gasteiger partial charge in [-0.25, -0.2) is 0 Å². The van der Waals surface area contributed by atoms with Crippen LogP contribution in [0.1, 0.15) is 66.4 Å². The highest BCUT2D eigenvalue weighted by Crippen LogP contribution is 2.35. The van der Waals surface area contributed by atoms with Crippen LogP contribution in [0.2, 0.25) is 0 Å². The van der Waals surface area contributed by atoms with Gasteiger partial charge in [0.15, 0.2) is 0 Å². The molecular formula is C22H28N4O. The Kier molecular flexibility index (Phi) is 4.48. The second-order valence-corrected chi connectivity index (χ2v) is 8.27. The fourth-order valence-electron chi connectivity index (χ4n) is 5.16. The highest BCUT2D eigenvalue weighted by molar-refractivity contribution is 5.77. The van der Waals surface area contributed by atoms with E-state index in [0.29, 0.717) is 24.3 Å². The van der Waals surface area contributed by atoms with Crippen molar-refractivity contribution < 1.29 is 4.79 Å². The van der Waals surface area contributed by atoms with E-state index >= 15 is 0 Å². The van der Waals surface area contributed by atoms with E-state index in [1.807, 2.05) is 6.20 Å². The lowest BCUT2D eigenvalue weighted by Gasteiger charge is -2.34. The third-order valence-electron chi connectivity index (χ3n) is 6.67. The third-order valence-corrected chi connectivity index (χ3v) is 6.67. The Labute approximate surface area is 160 Å². The zero-order chi connectivity index (χ0) is 18.2. The van der Waals surface area contributed by atoms with Crippen molar-refractivity contribution in [1.82, 2.24) is 20.0 Å². The van der Waals surface area contributed by atoms with Crippen molar-refractivity contribution in [2.75, 3.05) is 13.1 Å². The van der Waals surface area contributed by atoms with Crippen LogP contribution in [0, 0.1) is 0 Å². The van der Waals surface area contributed by atoms with Gasteiger partial charge in [0.2, 0.25) is 5.91 Å². The summed E-state index contributed by atoms with van der Waals surface area (Å²) in [6, 6.07) is 9.13. The van der Waals surface area contributed by atoms with Gasteiger partial charge in [-0.1, -0.05) is 24.3 Å². The molecule has 1 atom stereocenters. The first-order valence-electron chi connectivity index (χ1n) is 10.4. The Balaban J connectivity index is 1.21. The second kappa shape index (κ2) is 7.12. The fourth-order valence-corrected chi connectivity index (χ4v) is 5.16. The van der Waals surface area contributed by atoms with Crippen molar-refractivity contribution in [2.24, 2.45) is 0 Å². The average molecular weight is 364 g/mol. The number of aryl methyl sites for hydroxylation is 1. The summed E-state index contributed by atoms with van der Waals surface area (Å²) in [5.41, 5.74) is 5.54. The number of likely N-dealkylation sites (tertiary alicyclic amines) is 1. The molecule has 1 saturated heterocycles. The number of hydrogen-bond donors (Lipinski definition) is 1. The topological polar surface area (TPSA) is 50.2 Å². The first kappa shape index (κ1) is 17.0. The molecule has 5 nitrogen and oxygen atoms in total. The molecule has 3 heterocycles. The smallest absolute Gasteiger partial charge is 0.223 e. The monoisotopic (exact) mass is 364 g/mol. The summed E-state index contributed by atoms with van der Waals surface area (Å²) in [5.74, 6) is 0.739. The fraction of sp³-hybridized carbons (Fsp3) is 0.545. The molecule has 5 rings (SSSR count). The Hall–Kier alpha value is -2.14. The first-order valence-corrected chi connectivity index (χ1v) is 10.4. The van der Waals surface area contributed by atoms with Crippen LogP contribution in [0.5, 0.6) is 0 Å². The number of benzene rings is 1. The molecule has 27 heavy (non-hydrogen) atoms. The summed E-state index contributed by atoms with van der Waals surface area (Å²) in [6.45, 7) is 3.59. The number of nitrogens with one attached hydrogen (secondary N) is 1. The van der Waals surface area contributed by atoms with Crippen LogP contribution in [0.15, 0.2) is 30.5 Å². The molecule has 0 spiro atoms. The van der Waals surface area contributed by atoms with Gasteiger partial charge in [0.05, 0.1) is 17.9 Å². The van der Waals surface area contributed by atoms with Crippen LogP contribution in [-0.4, -0.2) is 33.7 Å². The number of hydrogen-bond acceptors (Lipinski definition) is 3. The number of carbonyl (C=O) groups excluding carboxylic acids is 1. The van der Waals surface area contributed by atoms with Crippen LogP contribution >= 0.6 is 0 Å². The van der Waals surface area contributed by atoms with Crippen molar-refractivity contribution in [1.29, 1.82) is 0 Å². The maximum atomic E-state index is 13.0. The SMILES string of the molecule is O=C(CC1CCCc2ccccc21)N1CCC(n2ncc3c2CNC3)CC1. The summed E-state index contributed by atoms with van der Waals surface area (Å²) < 4.78 is 2.22. The van der Waals surface area contributed by atoms with E-state index < -0.39 is 0 Å². The van der Waals surface area contributed by atoms with Gasteiger partial charge < -0.3 is 10.2 Å². The Morgan fingerprint density at radius 2 is 1.96 bits per heavy atom. The van der Waals surface area contributed by atoms with E-state index in [4.69, 9.17) is 0 Å². The molecule has 1 aromatic heterocycles. The van der Waals surface area contributed by atoms with Crippen LogP contribution in [0.25, 0.3) is 0 Å². The summed E-state index contributed by atoms with van der Waals surface area (Å²) in [6.07, 6.45) is 8.22. The van der Waals surface area contributed by atoms with Gasteiger partial charge in [-0.2, -0.15) is 5.10 Å². The maximum absolute atomic E-state index is 13.0. The molecule has 2 aromatic rings. The normalized spacial score (nSPS) is 22.5. The van der Waals surface area contributed by atoms with Crippen LogP contribution in [0.4, 0.5) is 0 Å². The first-order chi connectivity index (χ1) is 13.3. The van der Waals surface area contributed by atoms with Crippen LogP contribution in [0.3, 0.4) is 0 Å². The van der Waals surface area contributed by atoms with Gasteiger partial charge in [0.25, 0.3) is 0 Å². The van der Waals surface area contributed by atoms with E-state index in [1.54, 1.807) is 0 Å². The molecule has 5 heteroatoms. The number of piperidine rings is 1. The third kappa shape index (κ3) is 3.18. The lowest BCUT2D eigenvalue weighted by molar-refractivity contribution is -0.133. The molecule has 0 bridgehead atoms. The van der Waals surface area contributed by atoms with Crippen molar-refractivity contribution in [2.45, 2.75) is 63.6 Å². The Morgan fingerprint density at radius 1 is 1.11 bits per heavy atom. The Morgan fingerprint density at radius 3 is 2.85 bits per heavy atom. The number of amides is 1. The van der Waals surface area contributed by atoms with Crippen molar-refractivity contribution >= 4 is 5.91 Å². The molecule has 0 radical (unpaired) electrons. The second-order valence-electron chi connectivity index (χ2n) is 8.27. The van der Waals surface area contributed by atoms with E-state index in [-0.39, 0.29) is 0 Å². The van der Waals surface area contributed by atoms with Crippen molar-refractivity contribution in [3.05, 3.63) is 52.8 Å². The summed E-state index contributed by atoms with van der Waals surface area (Å²) in [5, 5.41) is 8.03. The van der Waals surface area contributed by atoms with Gasteiger partial charge in [0.1, 0.15) is 0 Å². The highest BCUT2D eigenvalue weighted by atomic mass is 16.2. The zero-order valence-electron chi connectivity index (χ0n) is 15.9. The molecule has 1 aromatic carbocycles. The van der Waals surface area contributed by atoms with Gasteiger partial charge in [-0.15, -0.1) is 0 Å². The minimum atomic E-state index is 0.336. The molecule has 1 aliphatic carbocycles. The maximum Gasteiger partial charge on any atom is 0.223 e. The van der Waals surface area contributed by atoms with Crippen LogP contribution in [-0.2, 0) is 24.3 Å². The van der Waals surface area contributed by atoms with Crippen LogP contribution < -0.4 is 5.32 Å². The lowest BCUT2D eigenvalue weighted by Crippen LogP contribution is -2.40. The van der Waals surface area contributed by atoms with E-state index in [9.17, 15) is 4.79 Å². The zero-order valence-corrected chi connectivity index (χ0v) is 15.9. The molecule has 1 fully saturated rings. The summed E-state index contributed by atoms with van der Waals surface area (Å²) in [4.78, 5) is 15.0. The van der Waals surface area contributed by atoms with Crippen molar-refractivity contribution in [3.63, 3.8) is 0 Å². The molecule has 1 N–H and O–H groups in total. The van der Waals surface area contributed by atoms with E-state index in [0.717, 1.165) is 51.9 Å². The van der Waals surface area contributed by atoms with Gasteiger partial charge in [-0.05, 0) is 49.1 Å². The van der Waals surface area contributed by atoms with Crippen molar-refractivity contribution in [3.8, 4) is 0 Å². The van der Waals surface area contributed by atoms with E-state index in [2.05, 4.69) is 44.3 Å². The number of rotatable bonds is 3. The quantitative estimate of drug-likeness (QED) is 0.910. The predicted octanol–water partition coefficient (Wildman–Crippen LogP) is 3.16. The minimum Gasteiger partial charge on any atom is -0.343 e. The lowest BCUT2D eigenvalue weighted by atomic mass is 9.81. The van der Waals surface area contributed by atoms with Gasteiger partial charge in [-0.3, -0.25) is 9.48 Å². The molecule has 1 unspecified atom stereocenters. The molecule has 142 valence electrons. The largest absolute Gasteiger partial charge is 0.343 e.